The number of rotatable bonds is 6. The van der Waals surface area contributed by atoms with Gasteiger partial charge in [0, 0.05) is 18.8 Å². The number of hydrogen-bond donors (Lipinski definition) is 1. The quantitative estimate of drug-likeness (QED) is 0.818. The smallest absolute Gasteiger partial charge is 0.233 e. The Morgan fingerprint density at radius 2 is 1.95 bits per heavy atom. The van der Waals surface area contributed by atoms with Crippen LogP contribution in [-0.4, -0.2) is 23.6 Å². The summed E-state index contributed by atoms with van der Waals surface area (Å²) in [6, 6.07) is 7.89. The van der Waals surface area contributed by atoms with E-state index < -0.39 is 0 Å². The van der Waals surface area contributed by atoms with E-state index in [9.17, 15) is 0 Å². The molecule has 1 aromatic carbocycles. The first kappa shape index (κ1) is 14.1. The molecule has 20 heavy (non-hydrogen) atoms. The molecule has 0 saturated carbocycles. The third-order valence-corrected chi connectivity index (χ3v) is 2.98. The molecular weight excluding hydrogens is 252 g/mol. The first-order chi connectivity index (χ1) is 9.72. The molecule has 106 valence electrons. The highest BCUT2D eigenvalue weighted by molar-refractivity contribution is 5.42. The Hall–Kier alpha value is -2.30. The maximum Gasteiger partial charge on any atom is 0.233 e. The lowest BCUT2D eigenvalue weighted by atomic mass is 10.2. The van der Waals surface area contributed by atoms with E-state index in [1.54, 1.807) is 19.5 Å². The molecule has 0 atom stereocenters. The summed E-state index contributed by atoms with van der Waals surface area (Å²) in [6.07, 6.45) is 4.40. The van der Waals surface area contributed by atoms with Gasteiger partial charge in [0.2, 0.25) is 5.88 Å². The van der Waals surface area contributed by atoms with Gasteiger partial charge in [-0.05, 0) is 24.1 Å². The number of anilines is 2. The molecule has 0 bridgehead atoms. The number of hydrogen-bond acceptors (Lipinski definition) is 5. The van der Waals surface area contributed by atoms with E-state index in [1.807, 2.05) is 24.3 Å². The number of nitrogens with two attached hydrogens (primary N) is 1. The molecule has 2 N–H and O–H groups in total. The molecule has 0 aliphatic heterocycles. The Bertz CT molecular complexity index is 542. The van der Waals surface area contributed by atoms with Gasteiger partial charge in [0.15, 0.2) is 5.82 Å². The number of benzene rings is 1. The summed E-state index contributed by atoms with van der Waals surface area (Å²) in [4.78, 5) is 10.8. The molecule has 0 amide bonds. The summed E-state index contributed by atoms with van der Waals surface area (Å²) >= 11 is 0. The molecule has 5 nitrogen and oxygen atoms in total. The van der Waals surface area contributed by atoms with Gasteiger partial charge in [-0.15, -0.1) is 0 Å². The lowest BCUT2D eigenvalue weighted by Gasteiger charge is -2.23. The maximum atomic E-state index is 5.71. The molecule has 2 aromatic rings. The molecule has 0 spiro atoms. The molecule has 0 aliphatic rings. The SMILES string of the molecule is CCCN(Cc1ccc(N)cc1)c1cncc(OC)n1. The fourth-order valence-electron chi connectivity index (χ4n) is 1.98. The van der Waals surface area contributed by atoms with Crippen molar-refractivity contribution in [3.63, 3.8) is 0 Å². The van der Waals surface area contributed by atoms with E-state index in [0.29, 0.717) is 5.88 Å². The van der Waals surface area contributed by atoms with Gasteiger partial charge in [-0.1, -0.05) is 19.1 Å². The Morgan fingerprint density at radius 3 is 2.60 bits per heavy atom. The molecule has 1 heterocycles. The first-order valence-electron chi connectivity index (χ1n) is 6.68. The van der Waals surface area contributed by atoms with Gasteiger partial charge in [0.05, 0.1) is 19.5 Å². The summed E-state index contributed by atoms with van der Waals surface area (Å²) in [5.74, 6) is 1.35. The van der Waals surface area contributed by atoms with Crippen LogP contribution in [0.15, 0.2) is 36.7 Å². The predicted molar refractivity (Wildman–Crippen MR) is 80.8 cm³/mol. The van der Waals surface area contributed by atoms with Crippen LogP contribution in [0.25, 0.3) is 0 Å². The second-order valence-corrected chi connectivity index (χ2v) is 4.58. The molecule has 0 saturated heterocycles. The van der Waals surface area contributed by atoms with Crippen molar-refractivity contribution in [3.05, 3.63) is 42.2 Å². The van der Waals surface area contributed by atoms with Gasteiger partial charge < -0.3 is 15.4 Å². The molecule has 1 aromatic heterocycles. The van der Waals surface area contributed by atoms with Crippen LogP contribution in [0.2, 0.25) is 0 Å². The maximum absolute atomic E-state index is 5.71. The highest BCUT2D eigenvalue weighted by atomic mass is 16.5. The minimum absolute atomic E-state index is 0.529. The van der Waals surface area contributed by atoms with Crippen molar-refractivity contribution < 1.29 is 4.74 Å². The van der Waals surface area contributed by atoms with E-state index in [0.717, 1.165) is 31.0 Å². The van der Waals surface area contributed by atoms with Crippen LogP contribution in [0, 0.1) is 0 Å². The molecule has 0 fully saturated rings. The van der Waals surface area contributed by atoms with Crippen molar-refractivity contribution in [2.75, 3.05) is 24.3 Å². The van der Waals surface area contributed by atoms with Gasteiger partial charge in [0.25, 0.3) is 0 Å². The fraction of sp³-hybridized carbons (Fsp3) is 0.333. The highest BCUT2D eigenvalue weighted by Gasteiger charge is 2.09. The van der Waals surface area contributed by atoms with Crippen LogP contribution in [0.3, 0.4) is 0 Å². The second-order valence-electron chi connectivity index (χ2n) is 4.58. The van der Waals surface area contributed by atoms with E-state index in [1.165, 1.54) is 5.56 Å². The average Bonchev–Trinajstić information content (AvgIpc) is 2.49. The van der Waals surface area contributed by atoms with Gasteiger partial charge in [-0.25, -0.2) is 0 Å². The van der Waals surface area contributed by atoms with Crippen LogP contribution in [0.1, 0.15) is 18.9 Å². The van der Waals surface area contributed by atoms with Gasteiger partial charge >= 0.3 is 0 Å². The van der Waals surface area contributed by atoms with Gasteiger partial charge in [-0.2, -0.15) is 4.98 Å². The van der Waals surface area contributed by atoms with Crippen molar-refractivity contribution in [2.24, 2.45) is 0 Å². The van der Waals surface area contributed by atoms with Crippen LogP contribution < -0.4 is 15.4 Å². The topological polar surface area (TPSA) is 64.3 Å². The first-order valence-corrected chi connectivity index (χ1v) is 6.68. The second kappa shape index (κ2) is 6.75. The summed E-state index contributed by atoms with van der Waals surface area (Å²) in [7, 11) is 1.60. The Morgan fingerprint density at radius 1 is 1.20 bits per heavy atom. The van der Waals surface area contributed by atoms with E-state index in [-0.39, 0.29) is 0 Å². The molecule has 0 radical (unpaired) electrons. The standard InChI is InChI=1S/C15H20N4O/c1-3-8-19(11-12-4-6-13(16)7-5-12)14-9-17-10-15(18-14)20-2/h4-7,9-10H,3,8,11,16H2,1-2H3. The van der Waals surface area contributed by atoms with E-state index in [4.69, 9.17) is 10.5 Å². The largest absolute Gasteiger partial charge is 0.480 e. The fourth-order valence-corrected chi connectivity index (χ4v) is 1.98. The minimum atomic E-state index is 0.529. The van der Waals surface area contributed by atoms with Crippen molar-refractivity contribution in [1.29, 1.82) is 0 Å². The lowest BCUT2D eigenvalue weighted by molar-refractivity contribution is 0.395. The van der Waals surface area contributed by atoms with E-state index >= 15 is 0 Å². The predicted octanol–water partition coefficient (Wildman–Crippen LogP) is 2.48. The summed E-state index contributed by atoms with van der Waals surface area (Å²) in [5.41, 5.74) is 7.68. The van der Waals surface area contributed by atoms with Crippen molar-refractivity contribution in [1.82, 2.24) is 9.97 Å². The zero-order valence-electron chi connectivity index (χ0n) is 11.9. The zero-order valence-corrected chi connectivity index (χ0v) is 11.9. The van der Waals surface area contributed by atoms with Crippen LogP contribution in [-0.2, 0) is 6.54 Å². The van der Waals surface area contributed by atoms with Crippen molar-refractivity contribution in [2.45, 2.75) is 19.9 Å². The van der Waals surface area contributed by atoms with Crippen LogP contribution in [0.5, 0.6) is 5.88 Å². The third-order valence-electron chi connectivity index (χ3n) is 2.98. The summed E-state index contributed by atoms with van der Waals surface area (Å²) in [6.45, 7) is 3.83. The highest BCUT2D eigenvalue weighted by Crippen LogP contribution is 2.17. The van der Waals surface area contributed by atoms with E-state index in [2.05, 4.69) is 21.8 Å². The zero-order chi connectivity index (χ0) is 14.4. The summed E-state index contributed by atoms with van der Waals surface area (Å²) < 4.78 is 5.13. The lowest BCUT2D eigenvalue weighted by Crippen LogP contribution is -2.24. The molecule has 0 aliphatic carbocycles. The Kier molecular flexibility index (Phi) is 4.76. The third kappa shape index (κ3) is 3.60. The number of nitrogens with zero attached hydrogens (tertiary/aromatic N) is 3. The van der Waals surface area contributed by atoms with Crippen LogP contribution in [0.4, 0.5) is 11.5 Å². The van der Waals surface area contributed by atoms with Crippen molar-refractivity contribution >= 4 is 11.5 Å². The Balaban J connectivity index is 2.19. The molecule has 5 heteroatoms. The number of aromatic nitrogens is 2. The number of ether oxygens (including phenoxy) is 1. The normalized spacial score (nSPS) is 10.3. The molecular formula is C15H20N4O. The van der Waals surface area contributed by atoms with Gasteiger partial charge in [-0.3, -0.25) is 4.98 Å². The number of methoxy groups -OCH3 is 1. The minimum Gasteiger partial charge on any atom is -0.480 e. The van der Waals surface area contributed by atoms with Gasteiger partial charge in [0.1, 0.15) is 0 Å². The summed E-state index contributed by atoms with van der Waals surface area (Å²) in [5, 5.41) is 0. The molecule has 0 unspecified atom stereocenters. The molecule has 2 rings (SSSR count). The number of nitrogen functional groups attached to an aromatic ring is 1. The monoisotopic (exact) mass is 272 g/mol. The van der Waals surface area contributed by atoms with Crippen LogP contribution >= 0.6 is 0 Å². The Labute approximate surface area is 119 Å². The average molecular weight is 272 g/mol. The van der Waals surface area contributed by atoms with Crippen molar-refractivity contribution in [3.8, 4) is 5.88 Å².